The van der Waals surface area contributed by atoms with Gasteiger partial charge in [-0.1, -0.05) is 32.6 Å². The van der Waals surface area contributed by atoms with Gasteiger partial charge in [0.25, 0.3) is 0 Å². The first-order valence-electron chi connectivity index (χ1n) is 8.67. The highest BCUT2D eigenvalue weighted by atomic mass is 16.3. The van der Waals surface area contributed by atoms with Crippen LogP contribution in [0.25, 0.3) is 0 Å². The zero-order chi connectivity index (χ0) is 13.7. The second kappa shape index (κ2) is 7.64. The van der Waals surface area contributed by atoms with E-state index in [0.29, 0.717) is 0 Å². The molecule has 0 spiro atoms. The molecule has 0 aromatic carbocycles. The Morgan fingerprint density at radius 2 is 1.68 bits per heavy atom. The quantitative estimate of drug-likeness (QED) is 0.669. The fraction of sp³-hybridized carbons (Fsp3) is 1.00. The fourth-order valence-corrected chi connectivity index (χ4v) is 4.32. The van der Waals surface area contributed by atoms with Crippen molar-refractivity contribution in [2.45, 2.75) is 109 Å². The van der Waals surface area contributed by atoms with E-state index in [1.807, 2.05) is 6.92 Å². The van der Waals surface area contributed by atoms with Gasteiger partial charge in [0.1, 0.15) is 0 Å². The third-order valence-corrected chi connectivity index (χ3v) is 5.21. The predicted octanol–water partition coefficient (Wildman–Crippen LogP) is 4.11. The summed E-state index contributed by atoms with van der Waals surface area (Å²) >= 11 is 0. The first-order chi connectivity index (χ1) is 9.22. The number of hydrogen-bond donors (Lipinski definition) is 1. The smallest absolute Gasteiger partial charge is 0.0512 e. The largest absolute Gasteiger partial charge is 0.393 e. The lowest BCUT2D eigenvalue weighted by molar-refractivity contribution is 0.160. The van der Waals surface area contributed by atoms with Crippen LogP contribution >= 0.6 is 0 Å². The molecule has 2 heterocycles. The minimum absolute atomic E-state index is 0.108. The molecule has 0 saturated carbocycles. The Morgan fingerprint density at radius 1 is 1.00 bits per heavy atom. The molecule has 2 fully saturated rings. The van der Waals surface area contributed by atoms with E-state index in [4.69, 9.17) is 0 Å². The number of nitrogens with zero attached hydrogens (tertiary/aromatic N) is 1. The molecule has 0 aromatic heterocycles. The van der Waals surface area contributed by atoms with Crippen LogP contribution < -0.4 is 0 Å². The van der Waals surface area contributed by atoms with E-state index in [1.54, 1.807) is 0 Å². The summed E-state index contributed by atoms with van der Waals surface area (Å²) in [5, 5.41) is 9.27. The van der Waals surface area contributed by atoms with Crippen molar-refractivity contribution in [2.75, 3.05) is 0 Å². The molecule has 4 atom stereocenters. The molecule has 112 valence electrons. The van der Waals surface area contributed by atoms with Crippen LogP contribution in [0.3, 0.4) is 0 Å². The Balaban J connectivity index is 1.68. The number of aliphatic hydroxyl groups excluding tert-OH is 1. The maximum Gasteiger partial charge on any atom is 0.0512 e. The van der Waals surface area contributed by atoms with Crippen molar-refractivity contribution >= 4 is 0 Å². The summed E-state index contributed by atoms with van der Waals surface area (Å²) in [6.45, 7) is 4.23. The summed E-state index contributed by atoms with van der Waals surface area (Å²) in [7, 11) is 0. The van der Waals surface area contributed by atoms with Gasteiger partial charge >= 0.3 is 0 Å². The lowest BCUT2D eigenvalue weighted by Crippen LogP contribution is -2.38. The van der Waals surface area contributed by atoms with Crippen LogP contribution in [0, 0.1) is 0 Å². The number of fused-ring (bicyclic) bond motifs is 1. The molecule has 0 aliphatic carbocycles. The van der Waals surface area contributed by atoms with Crippen molar-refractivity contribution in [3.05, 3.63) is 0 Å². The normalized spacial score (nSPS) is 32.7. The molecule has 0 unspecified atom stereocenters. The van der Waals surface area contributed by atoms with Crippen LogP contribution in [0.15, 0.2) is 0 Å². The van der Waals surface area contributed by atoms with Crippen LogP contribution in [-0.2, 0) is 0 Å². The highest BCUT2D eigenvalue weighted by Crippen LogP contribution is 2.39. The van der Waals surface area contributed by atoms with Crippen molar-refractivity contribution in [1.29, 1.82) is 0 Å². The molecule has 0 bridgehead atoms. The average molecular weight is 267 g/mol. The summed E-state index contributed by atoms with van der Waals surface area (Å²) in [5.41, 5.74) is 0. The minimum atomic E-state index is -0.108. The second-order valence-electron chi connectivity index (χ2n) is 6.84. The summed E-state index contributed by atoms with van der Waals surface area (Å²) in [4.78, 5) is 2.90. The number of unbranched alkanes of at least 4 members (excludes halogenated alkanes) is 2. The Kier molecular flexibility index (Phi) is 6.15. The predicted molar refractivity (Wildman–Crippen MR) is 81.3 cm³/mol. The third kappa shape index (κ3) is 4.19. The zero-order valence-electron chi connectivity index (χ0n) is 13.0. The van der Waals surface area contributed by atoms with Gasteiger partial charge in [-0.2, -0.15) is 0 Å². The molecule has 0 aromatic rings. The molecular weight excluding hydrogens is 234 g/mol. The van der Waals surface area contributed by atoms with E-state index in [2.05, 4.69) is 11.8 Å². The molecule has 2 saturated heterocycles. The maximum absolute atomic E-state index is 9.27. The highest BCUT2D eigenvalue weighted by Gasteiger charge is 2.41. The van der Waals surface area contributed by atoms with Gasteiger partial charge < -0.3 is 5.11 Å². The van der Waals surface area contributed by atoms with Crippen LogP contribution in [0.5, 0.6) is 0 Å². The lowest BCUT2D eigenvalue weighted by atomic mass is 10.0. The van der Waals surface area contributed by atoms with Gasteiger partial charge in [-0.3, -0.25) is 4.90 Å². The van der Waals surface area contributed by atoms with Crippen molar-refractivity contribution in [2.24, 2.45) is 0 Å². The Labute approximate surface area is 119 Å². The first kappa shape index (κ1) is 15.3. The van der Waals surface area contributed by atoms with Crippen molar-refractivity contribution in [3.63, 3.8) is 0 Å². The minimum Gasteiger partial charge on any atom is -0.393 e. The van der Waals surface area contributed by atoms with Crippen molar-refractivity contribution in [1.82, 2.24) is 4.90 Å². The topological polar surface area (TPSA) is 23.5 Å². The van der Waals surface area contributed by atoms with Gasteiger partial charge in [0.15, 0.2) is 0 Å². The Hall–Kier alpha value is -0.0800. The van der Waals surface area contributed by atoms with Crippen LogP contribution in [0.4, 0.5) is 0 Å². The number of aliphatic hydroxyl groups is 1. The number of rotatable bonds is 8. The van der Waals surface area contributed by atoms with E-state index in [1.165, 1.54) is 64.2 Å². The number of hydrogen-bond acceptors (Lipinski definition) is 2. The Morgan fingerprint density at radius 3 is 2.32 bits per heavy atom. The SMILES string of the molecule is CCC[C@H]1CC[C@@H]2CC[C@@H](CCCCC[C@@H](C)O)N21. The van der Waals surface area contributed by atoms with Crippen molar-refractivity contribution in [3.8, 4) is 0 Å². The van der Waals surface area contributed by atoms with Gasteiger partial charge in [-0.25, -0.2) is 0 Å². The van der Waals surface area contributed by atoms with Gasteiger partial charge in [0.2, 0.25) is 0 Å². The second-order valence-corrected chi connectivity index (χ2v) is 6.84. The highest BCUT2D eigenvalue weighted by molar-refractivity contribution is 4.96. The van der Waals surface area contributed by atoms with Crippen molar-refractivity contribution < 1.29 is 5.11 Å². The van der Waals surface area contributed by atoms with Gasteiger partial charge in [-0.15, -0.1) is 0 Å². The standard InChI is InChI=1S/C17H33NO/c1-3-7-15-10-12-17-13-11-16(18(15)17)9-6-4-5-8-14(2)19/h14-17,19H,3-13H2,1-2H3/t14-,15+,16-,17-/m1/s1. The zero-order valence-corrected chi connectivity index (χ0v) is 13.0. The van der Waals surface area contributed by atoms with E-state index < -0.39 is 0 Å². The molecule has 2 nitrogen and oxygen atoms in total. The Bertz CT molecular complexity index is 252. The van der Waals surface area contributed by atoms with Gasteiger partial charge in [0, 0.05) is 18.1 Å². The van der Waals surface area contributed by atoms with E-state index >= 15 is 0 Å². The summed E-state index contributed by atoms with van der Waals surface area (Å²) < 4.78 is 0. The summed E-state index contributed by atoms with van der Waals surface area (Å²) in [5.74, 6) is 0. The van der Waals surface area contributed by atoms with Crippen LogP contribution in [0.2, 0.25) is 0 Å². The first-order valence-corrected chi connectivity index (χ1v) is 8.67. The summed E-state index contributed by atoms with van der Waals surface area (Å²) in [6, 6.07) is 2.72. The monoisotopic (exact) mass is 267 g/mol. The maximum atomic E-state index is 9.27. The lowest BCUT2D eigenvalue weighted by Gasteiger charge is -2.30. The van der Waals surface area contributed by atoms with E-state index in [9.17, 15) is 5.11 Å². The molecule has 1 N–H and O–H groups in total. The average Bonchev–Trinajstić information content (AvgIpc) is 2.93. The van der Waals surface area contributed by atoms with Gasteiger partial charge in [-0.05, 0) is 51.9 Å². The van der Waals surface area contributed by atoms with Gasteiger partial charge in [0.05, 0.1) is 6.10 Å². The fourth-order valence-electron chi connectivity index (χ4n) is 4.32. The summed E-state index contributed by atoms with van der Waals surface area (Å²) in [6.07, 6.45) is 14.7. The molecule has 0 amide bonds. The molecule has 2 heteroatoms. The molecule has 0 radical (unpaired) electrons. The molecule has 2 aliphatic rings. The molecular formula is C17H33NO. The molecule has 19 heavy (non-hydrogen) atoms. The van der Waals surface area contributed by atoms with Crippen LogP contribution in [0.1, 0.15) is 84.5 Å². The van der Waals surface area contributed by atoms with E-state index in [-0.39, 0.29) is 6.10 Å². The van der Waals surface area contributed by atoms with Crippen LogP contribution in [-0.4, -0.2) is 34.2 Å². The molecule has 2 aliphatic heterocycles. The molecule has 2 rings (SSSR count). The third-order valence-electron chi connectivity index (χ3n) is 5.21. The van der Waals surface area contributed by atoms with E-state index in [0.717, 1.165) is 24.5 Å².